The fraction of sp³-hybridized carbons (Fsp3) is 0.667. The highest BCUT2D eigenvalue weighted by molar-refractivity contribution is 7.89. The SMILES string of the molecule is CCn1cc(S(=O)(=O)N(C)CC2CC2)cc1CCl. The van der Waals surface area contributed by atoms with Crippen LogP contribution in [0, 0.1) is 5.92 Å². The van der Waals surface area contributed by atoms with E-state index in [0.717, 1.165) is 25.1 Å². The van der Waals surface area contributed by atoms with Crippen LogP contribution in [0.25, 0.3) is 0 Å². The molecule has 0 radical (unpaired) electrons. The molecule has 1 aliphatic carbocycles. The van der Waals surface area contributed by atoms with E-state index in [1.165, 1.54) is 4.31 Å². The summed E-state index contributed by atoms with van der Waals surface area (Å²) in [4.78, 5) is 0.350. The van der Waals surface area contributed by atoms with Crippen LogP contribution in [-0.2, 0) is 22.4 Å². The maximum atomic E-state index is 12.4. The molecule has 1 heterocycles. The van der Waals surface area contributed by atoms with Gasteiger partial charge < -0.3 is 4.57 Å². The zero-order valence-electron chi connectivity index (χ0n) is 10.8. The molecule has 18 heavy (non-hydrogen) atoms. The van der Waals surface area contributed by atoms with Gasteiger partial charge in [-0.2, -0.15) is 0 Å². The third kappa shape index (κ3) is 2.73. The first-order valence-electron chi connectivity index (χ1n) is 6.20. The Labute approximate surface area is 114 Å². The highest BCUT2D eigenvalue weighted by atomic mass is 35.5. The average Bonchev–Trinajstić information content (AvgIpc) is 3.04. The Kier molecular flexibility index (Phi) is 4.04. The highest BCUT2D eigenvalue weighted by Gasteiger charge is 2.30. The molecule has 1 aromatic rings. The molecule has 1 aliphatic rings. The summed E-state index contributed by atoms with van der Waals surface area (Å²) in [5, 5.41) is 0. The number of halogens is 1. The first kappa shape index (κ1) is 13.9. The summed E-state index contributed by atoms with van der Waals surface area (Å²) in [6.07, 6.45) is 3.96. The minimum Gasteiger partial charge on any atom is -0.349 e. The quantitative estimate of drug-likeness (QED) is 0.754. The van der Waals surface area contributed by atoms with Crippen LogP contribution in [0.4, 0.5) is 0 Å². The monoisotopic (exact) mass is 290 g/mol. The molecule has 0 spiro atoms. The molecule has 0 aliphatic heterocycles. The largest absolute Gasteiger partial charge is 0.349 e. The number of aryl methyl sites for hydroxylation is 1. The van der Waals surface area contributed by atoms with E-state index < -0.39 is 10.0 Å². The summed E-state index contributed by atoms with van der Waals surface area (Å²) in [5.41, 5.74) is 0.845. The van der Waals surface area contributed by atoms with Crippen molar-refractivity contribution in [2.45, 2.75) is 37.1 Å². The number of hydrogen-bond donors (Lipinski definition) is 0. The minimum absolute atomic E-state index is 0.329. The lowest BCUT2D eigenvalue weighted by Gasteiger charge is -2.15. The third-order valence-corrected chi connectivity index (χ3v) is 5.42. The fourth-order valence-electron chi connectivity index (χ4n) is 2.01. The number of alkyl halides is 1. The Morgan fingerprint density at radius 2 is 2.17 bits per heavy atom. The van der Waals surface area contributed by atoms with E-state index in [9.17, 15) is 8.42 Å². The van der Waals surface area contributed by atoms with Gasteiger partial charge in [0.25, 0.3) is 0 Å². The molecule has 0 saturated heterocycles. The van der Waals surface area contributed by atoms with Crippen molar-refractivity contribution in [3.8, 4) is 0 Å². The lowest BCUT2D eigenvalue weighted by atomic mass is 10.4. The highest BCUT2D eigenvalue weighted by Crippen LogP contribution is 2.31. The maximum Gasteiger partial charge on any atom is 0.244 e. The Balaban J connectivity index is 2.25. The molecule has 0 amide bonds. The number of aromatic nitrogens is 1. The predicted octanol–water partition coefficient (Wildman–Crippen LogP) is 2.28. The molecular weight excluding hydrogens is 272 g/mol. The molecule has 1 aromatic heterocycles. The van der Waals surface area contributed by atoms with Crippen molar-refractivity contribution >= 4 is 21.6 Å². The van der Waals surface area contributed by atoms with Crippen LogP contribution in [-0.4, -0.2) is 30.9 Å². The third-order valence-electron chi connectivity index (χ3n) is 3.36. The van der Waals surface area contributed by atoms with Gasteiger partial charge in [-0.1, -0.05) is 0 Å². The molecule has 0 unspecified atom stereocenters. The number of sulfonamides is 1. The Morgan fingerprint density at radius 1 is 1.50 bits per heavy atom. The van der Waals surface area contributed by atoms with Crippen LogP contribution in [0.1, 0.15) is 25.5 Å². The summed E-state index contributed by atoms with van der Waals surface area (Å²) in [6, 6.07) is 1.68. The standard InChI is InChI=1S/C12H19ClN2O2S/c1-3-15-9-12(6-11(15)7-13)18(16,17)14(2)8-10-4-5-10/h6,9-10H,3-5,7-8H2,1-2H3. The van der Waals surface area contributed by atoms with Crippen molar-refractivity contribution < 1.29 is 8.42 Å². The van der Waals surface area contributed by atoms with E-state index in [1.807, 2.05) is 11.5 Å². The van der Waals surface area contributed by atoms with Crippen molar-refractivity contribution in [2.75, 3.05) is 13.6 Å². The van der Waals surface area contributed by atoms with Gasteiger partial charge in [0, 0.05) is 32.0 Å². The molecule has 0 bridgehead atoms. The number of hydrogen-bond acceptors (Lipinski definition) is 2. The Hall–Kier alpha value is -0.520. The summed E-state index contributed by atoms with van der Waals surface area (Å²) in [7, 11) is -1.71. The topological polar surface area (TPSA) is 42.3 Å². The van der Waals surface area contributed by atoms with Gasteiger partial charge in [-0.3, -0.25) is 0 Å². The molecule has 1 saturated carbocycles. The van der Waals surface area contributed by atoms with Gasteiger partial charge >= 0.3 is 0 Å². The van der Waals surface area contributed by atoms with Gasteiger partial charge in [0.1, 0.15) is 4.90 Å². The van der Waals surface area contributed by atoms with Crippen LogP contribution in [0.15, 0.2) is 17.2 Å². The van der Waals surface area contributed by atoms with Gasteiger partial charge in [0.2, 0.25) is 10.0 Å². The molecule has 1 fully saturated rings. The number of nitrogens with zero attached hydrogens (tertiary/aromatic N) is 2. The van der Waals surface area contributed by atoms with Gasteiger partial charge in [-0.25, -0.2) is 12.7 Å². The fourth-order valence-corrected chi connectivity index (χ4v) is 3.56. The molecule has 102 valence electrons. The van der Waals surface area contributed by atoms with Crippen LogP contribution in [0.3, 0.4) is 0 Å². The second-order valence-electron chi connectivity index (χ2n) is 4.82. The molecule has 0 aromatic carbocycles. The van der Waals surface area contributed by atoms with Crippen LogP contribution in [0.2, 0.25) is 0 Å². The lowest BCUT2D eigenvalue weighted by molar-refractivity contribution is 0.453. The van der Waals surface area contributed by atoms with Crippen molar-refractivity contribution in [1.29, 1.82) is 0 Å². The van der Waals surface area contributed by atoms with E-state index in [2.05, 4.69) is 0 Å². The van der Waals surface area contributed by atoms with Crippen LogP contribution in [0.5, 0.6) is 0 Å². The zero-order valence-corrected chi connectivity index (χ0v) is 12.3. The first-order valence-corrected chi connectivity index (χ1v) is 8.17. The van der Waals surface area contributed by atoms with Crippen molar-refractivity contribution in [2.24, 2.45) is 5.92 Å². The molecular formula is C12H19ClN2O2S. The van der Waals surface area contributed by atoms with Crippen molar-refractivity contribution in [3.63, 3.8) is 0 Å². The average molecular weight is 291 g/mol. The summed E-state index contributed by atoms with van der Waals surface area (Å²) < 4.78 is 28.1. The van der Waals surface area contributed by atoms with Gasteiger partial charge in [-0.15, -0.1) is 11.6 Å². The van der Waals surface area contributed by atoms with E-state index >= 15 is 0 Å². The maximum absolute atomic E-state index is 12.4. The second kappa shape index (κ2) is 5.23. The Morgan fingerprint density at radius 3 is 2.61 bits per heavy atom. The summed E-state index contributed by atoms with van der Waals surface area (Å²) in [6.45, 7) is 3.32. The molecule has 4 nitrogen and oxygen atoms in total. The van der Waals surface area contributed by atoms with Crippen molar-refractivity contribution in [3.05, 3.63) is 18.0 Å². The van der Waals surface area contributed by atoms with E-state index in [1.54, 1.807) is 19.3 Å². The Bertz CT molecular complexity index is 499. The summed E-state index contributed by atoms with van der Waals surface area (Å²) >= 11 is 5.82. The molecule has 6 heteroatoms. The zero-order chi connectivity index (χ0) is 13.3. The second-order valence-corrected chi connectivity index (χ2v) is 7.13. The van der Waals surface area contributed by atoms with Gasteiger partial charge in [0.15, 0.2) is 0 Å². The van der Waals surface area contributed by atoms with E-state index in [4.69, 9.17) is 11.6 Å². The van der Waals surface area contributed by atoms with Crippen molar-refractivity contribution in [1.82, 2.24) is 8.87 Å². The summed E-state index contributed by atoms with van der Waals surface area (Å²) in [5.74, 6) is 0.876. The van der Waals surface area contributed by atoms with Crippen LogP contribution >= 0.6 is 11.6 Å². The molecule has 2 rings (SSSR count). The van der Waals surface area contributed by atoms with E-state index in [0.29, 0.717) is 23.2 Å². The molecule has 0 N–H and O–H groups in total. The minimum atomic E-state index is -3.36. The van der Waals surface area contributed by atoms with E-state index in [-0.39, 0.29) is 0 Å². The lowest BCUT2D eigenvalue weighted by Crippen LogP contribution is -2.28. The smallest absolute Gasteiger partial charge is 0.244 e. The van der Waals surface area contributed by atoms with Gasteiger partial charge in [-0.05, 0) is 31.7 Å². The normalized spacial score (nSPS) is 16.4. The van der Waals surface area contributed by atoms with Gasteiger partial charge in [0.05, 0.1) is 5.88 Å². The predicted molar refractivity (Wildman–Crippen MR) is 72.2 cm³/mol. The molecule has 0 atom stereocenters. The number of rotatable bonds is 6. The first-order chi connectivity index (χ1) is 8.48. The van der Waals surface area contributed by atoms with Crippen LogP contribution < -0.4 is 0 Å².